The third kappa shape index (κ3) is 11.3. The number of benzene rings is 14. The summed E-state index contributed by atoms with van der Waals surface area (Å²) < 4.78 is 2.47. The van der Waals surface area contributed by atoms with Crippen molar-refractivity contribution in [3.05, 3.63) is 343 Å². The van der Waals surface area contributed by atoms with Crippen molar-refractivity contribution in [3.63, 3.8) is 0 Å². The number of fused-ring (bicyclic) bond motifs is 7. The van der Waals surface area contributed by atoms with Crippen LogP contribution in [0.15, 0.2) is 309 Å². The molecule has 5 nitrogen and oxygen atoms in total. The van der Waals surface area contributed by atoms with Crippen LogP contribution in [0.25, 0.3) is 110 Å². The Morgan fingerprint density at radius 2 is 0.740 bits per heavy atom. The Morgan fingerprint density at radius 1 is 0.327 bits per heavy atom. The third-order valence-electron chi connectivity index (χ3n) is 21.4. The van der Waals surface area contributed by atoms with E-state index in [1.54, 1.807) is 0 Å². The van der Waals surface area contributed by atoms with E-state index < -0.39 is 0 Å². The molecular formula is C98H78BN5. The van der Waals surface area contributed by atoms with Crippen molar-refractivity contribution in [2.45, 2.75) is 78.6 Å². The van der Waals surface area contributed by atoms with Gasteiger partial charge in [-0.25, -0.2) is 4.85 Å². The molecule has 14 aromatic carbocycles. The summed E-state index contributed by atoms with van der Waals surface area (Å²) in [5.41, 5.74) is 32.2. The lowest BCUT2D eigenvalue weighted by molar-refractivity contribution is 0.590. The highest BCUT2D eigenvalue weighted by Gasteiger charge is 2.46. The minimum atomic E-state index is -0.388. The first kappa shape index (κ1) is 64.9. The van der Waals surface area contributed by atoms with E-state index in [0.717, 1.165) is 129 Å². The first-order chi connectivity index (χ1) is 50.4. The van der Waals surface area contributed by atoms with E-state index in [-0.39, 0.29) is 23.0 Å². The van der Waals surface area contributed by atoms with Crippen LogP contribution in [-0.2, 0) is 16.2 Å². The van der Waals surface area contributed by atoms with Gasteiger partial charge in [-0.05, 0) is 190 Å². The van der Waals surface area contributed by atoms with Crippen molar-refractivity contribution in [3.8, 4) is 89.6 Å². The molecule has 1 aromatic heterocycles. The van der Waals surface area contributed by atoms with Gasteiger partial charge >= 0.3 is 0 Å². The van der Waals surface area contributed by atoms with E-state index in [1.807, 2.05) is 36.4 Å². The lowest BCUT2D eigenvalue weighted by Gasteiger charge is -2.46. The van der Waals surface area contributed by atoms with Gasteiger partial charge in [0.2, 0.25) is 0 Å². The Balaban J connectivity index is 1.07. The van der Waals surface area contributed by atoms with E-state index in [9.17, 15) is 5.26 Å². The van der Waals surface area contributed by atoms with Gasteiger partial charge in [0.15, 0.2) is 5.69 Å². The summed E-state index contributed by atoms with van der Waals surface area (Å²) in [4.78, 5) is 9.34. The number of nitriles is 1. The lowest BCUT2D eigenvalue weighted by Crippen LogP contribution is -2.61. The Kier molecular flexibility index (Phi) is 15.7. The summed E-state index contributed by atoms with van der Waals surface area (Å²) in [6, 6.07) is 117. The van der Waals surface area contributed by atoms with Gasteiger partial charge in [0.1, 0.15) is 0 Å². The van der Waals surface area contributed by atoms with Crippen LogP contribution in [0.3, 0.4) is 0 Å². The number of nitrogens with zero attached hydrogens (tertiary/aromatic N) is 5. The average Bonchev–Trinajstić information content (AvgIpc) is 0.743. The van der Waals surface area contributed by atoms with E-state index >= 15 is 0 Å². The predicted molar refractivity (Wildman–Crippen MR) is 440 cm³/mol. The molecule has 2 aliphatic heterocycles. The molecule has 104 heavy (non-hydrogen) atoms. The van der Waals surface area contributed by atoms with Crippen LogP contribution in [0.4, 0.5) is 39.8 Å². The number of aromatic nitrogens is 1. The molecule has 498 valence electrons. The van der Waals surface area contributed by atoms with Crippen LogP contribution >= 0.6 is 0 Å². The van der Waals surface area contributed by atoms with Crippen LogP contribution in [0.2, 0.25) is 0 Å². The molecule has 6 heteroatoms. The molecule has 0 saturated heterocycles. The van der Waals surface area contributed by atoms with Gasteiger partial charge in [-0.3, -0.25) is 0 Å². The zero-order chi connectivity index (χ0) is 71.3. The number of hydrogen-bond donors (Lipinski definition) is 0. The highest BCUT2D eigenvalue weighted by atomic mass is 15.2. The van der Waals surface area contributed by atoms with Crippen LogP contribution in [0, 0.1) is 17.9 Å². The zero-order valence-corrected chi connectivity index (χ0v) is 60.3. The lowest BCUT2D eigenvalue weighted by atomic mass is 9.33. The maximum absolute atomic E-state index is 10.5. The molecule has 0 amide bonds. The van der Waals surface area contributed by atoms with Crippen molar-refractivity contribution in [1.82, 2.24) is 4.57 Å². The van der Waals surface area contributed by atoms with Crippen molar-refractivity contribution in [2.24, 2.45) is 0 Å². The van der Waals surface area contributed by atoms with Crippen molar-refractivity contribution < 1.29 is 0 Å². The summed E-state index contributed by atoms with van der Waals surface area (Å²) in [6.07, 6.45) is 0. The number of hydrogen-bond acceptors (Lipinski definition) is 3. The largest absolute Gasteiger partial charge is 0.310 e. The van der Waals surface area contributed by atoms with E-state index in [4.69, 9.17) is 6.57 Å². The molecule has 0 bridgehead atoms. The van der Waals surface area contributed by atoms with Crippen molar-refractivity contribution >= 4 is 84.7 Å². The standard InChI is InChI=1S/C98H78BN5/c1-96(2,3)74-39-25-37-70(51-74)83-56-72(67-35-24-28-63(50-67)62-100)54-81(65-31-16-12-17-32-65)94(83)103-89-58-69(64-29-14-11-15-30-64)46-48-85(89)99-86-49-47-78(102-87-44-22-20-42-79(87)80-43-21-23-45-88(80)102)61-90(86)104(92-60-76(98(7,8)9)59-91(103)93(92)99)95-82(66-33-18-13-19-34-66)55-73(68-36-27-41-77(53-68)101-10)57-84(95)71-38-26-40-75(52-71)97(4,5)6/h11-61H,1-9H3. The Morgan fingerprint density at radius 3 is 1.24 bits per heavy atom. The van der Waals surface area contributed by atoms with E-state index in [2.05, 4.69) is 361 Å². The molecule has 0 unspecified atom stereocenters. The molecule has 0 radical (unpaired) electrons. The van der Waals surface area contributed by atoms with Crippen LogP contribution < -0.4 is 26.2 Å². The van der Waals surface area contributed by atoms with Crippen molar-refractivity contribution in [1.29, 1.82) is 5.26 Å². The molecule has 3 heterocycles. The molecule has 15 aromatic rings. The van der Waals surface area contributed by atoms with E-state index in [1.165, 1.54) is 43.9 Å². The van der Waals surface area contributed by atoms with Gasteiger partial charge in [0.25, 0.3) is 6.71 Å². The van der Waals surface area contributed by atoms with Gasteiger partial charge in [0, 0.05) is 61.5 Å². The summed E-state index contributed by atoms with van der Waals surface area (Å²) in [6.45, 7) is 28.9. The number of rotatable bonds is 10. The topological polar surface area (TPSA) is 39.6 Å². The number of anilines is 6. The Hall–Kier alpha value is -12.5. The maximum Gasteiger partial charge on any atom is 0.252 e. The Labute approximate surface area is 611 Å². The Bertz CT molecular complexity index is 5970. The summed E-state index contributed by atoms with van der Waals surface area (Å²) in [5, 5.41) is 12.9. The fourth-order valence-electron chi connectivity index (χ4n) is 16.1. The molecular weight excluding hydrogens is 1260 g/mol. The minimum Gasteiger partial charge on any atom is -0.310 e. The maximum atomic E-state index is 10.5. The normalized spacial score (nSPS) is 12.6. The highest BCUT2D eigenvalue weighted by Crippen LogP contribution is 2.56. The monoisotopic (exact) mass is 1340 g/mol. The van der Waals surface area contributed by atoms with Crippen LogP contribution in [0.5, 0.6) is 0 Å². The summed E-state index contributed by atoms with van der Waals surface area (Å²) >= 11 is 0. The second-order valence-electron chi connectivity index (χ2n) is 31.1. The fraction of sp³-hybridized carbons (Fsp3) is 0.122. The molecule has 0 spiro atoms. The highest BCUT2D eigenvalue weighted by molar-refractivity contribution is 7.00. The summed E-state index contributed by atoms with van der Waals surface area (Å²) in [7, 11) is 0. The first-order valence-electron chi connectivity index (χ1n) is 36.2. The molecule has 0 N–H and O–H groups in total. The first-order valence-corrected chi connectivity index (χ1v) is 36.2. The average molecular weight is 1340 g/mol. The molecule has 17 rings (SSSR count). The van der Waals surface area contributed by atoms with Gasteiger partial charge in [-0.15, -0.1) is 0 Å². The predicted octanol–water partition coefficient (Wildman–Crippen LogP) is 24.9. The zero-order valence-electron chi connectivity index (χ0n) is 60.3. The molecule has 0 aliphatic carbocycles. The van der Waals surface area contributed by atoms with E-state index in [0.29, 0.717) is 11.3 Å². The van der Waals surface area contributed by atoms with Gasteiger partial charge in [-0.1, -0.05) is 287 Å². The fourth-order valence-corrected chi connectivity index (χ4v) is 16.1. The van der Waals surface area contributed by atoms with Crippen molar-refractivity contribution in [2.75, 3.05) is 9.80 Å². The van der Waals surface area contributed by atoms with Crippen LogP contribution in [-0.4, -0.2) is 11.3 Å². The quantitative estimate of drug-likeness (QED) is 0.101. The molecule has 0 fully saturated rings. The third-order valence-corrected chi connectivity index (χ3v) is 21.4. The van der Waals surface area contributed by atoms with Gasteiger partial charge in [0.05, 0.1) is 40.6 Å². The second-order valence-corrected chi connectivity index (χ2v) is 31.1. The molecule has 0 saturated carbocycles. The second kappa shape index (κ2) is 25.2. The number of para-hydroxylation sites is 2. The molecule has 2 aliphatic rings. The molecule has 0 atom stereocenters. The van der Waals surface area contributed by atoms with Gasteiger partial charge in [-0.2, -0.15) is 5.26 Å². The SMILES string of the molecule is [C-]#[N+]c1cccc(-c2cc(-c3ccccc3)c(N3c4cc(-n5c6ccccc6c6ccccc65)ccc4B4c5ccc(-c6ccccc6)cc5N(c5c(-c6ccccc6)cc(-c6cccc(C#N)c6)cc5-c5cccc(C(C)(C)C)c5)c5cc(C(C)(C)C)cc3c54)c(-c3cccc(C(C)(C)C)c3)c2)c1. The smallest absolute Gasteiger partial charge is 0.252 e. The summed E-state index contributed by atoms with van der Waals surface area (Å²) in [5.74, 6) is 0. The van der Waals surface area contributed by atoms with Gasteiger partial charge < -0.3 is 14.4 Å². The van der Waals surface area contributed by atoms with Crippen LogP contribution in [0.1, 0.15) is 84.6 Å². The minimum absolute atomic E-state index is 0.170.